The fraction of sp³-hybridized carbons (Fsp3) is 0.458. The molecule has 1 saturated heterocycles. The van der Waals surface area contributed by atoms with Gasteiger partial charge in [0.1, 0.15) is 17.6 Å². The summed E-state index contributed by atoms with van der Waals surface area (Å²) in [5, 5.41) is 0.382. The lowest BCUT2D eigenvalue weighted by Crippen LogP contribution is -2.54. The first kappa shape index (κ1) is 24.1. The van der Waals surface area contributed by atoms with Gasteiger partial charge in [0.25, 0.3) is 0 Å². The molecule has 0 radical (unpaired) electrons. The molecule has 2 unspecified atom stereocenters. The van der Waals surface area contributed by atoms with Gasteiger partial charge in [-0.1, -0.05) is 42.5 Å². The highest BCUT2D eigenvalue weighted by Gasteiger charge is 2.45. The quantitative estimate of drug-likeness (QED) is 0.338. The predicted molar refractivity (Wildman–Crippen MR) is 125 cm³/mol. The van der Waals surface area contributed by atoms with Crippen LogP contribution in [0.5, 0.6) is 0 Å². The van der Waals surface area contributed by atoms with Gasteiger partial charge in [-0.15, -0.1) is 0 Å². The lowest BCUT2D eigenvalue weighted by atomic mass is 10.00. The Hall–Kier alpha value is -2.03. The zero-order chi connectivity index (χ0) is 23.5. The summed E-state index contributed by atoms with van der Waals surface area (Å²) in [6, 6.07) is 6.37. The van der Waals surface area contributed by atoms with Gasteiger partial charge in [0, 0.05) is 5.02 Å². The van der Waals surface area contributed by atoms with Crippen LogP contribution < -0.4 is 0 Å². The van der Waals surface area contributed by atoms with Gasteiger partial charge in [-0.05, 0) is 55.4 Å². The molecule has 5 nitrogen and oxygen atoms in total. The maximum Gasteiger partial charge on any atom is 0.249 e. The highest BCUT2D eigenvalue weighted by Crippen LogP contribution is 2.42. The molecule has 3 aliphatic rings. The van der Waals surface area contributed by atoms with Crippen LogP contribution in [0.15, 0.2) is 60.9 Å². The summed E-state index contributed by atoms with van der Waals surface area (Å²) >= 11 is 6.03. The molecule has 33 heavy (non-hydrogen) atoms. The molecule has 1 aromatic rings. The van der Waals surface area contributed by atoms with E-state index in [9.17, 15) is 13.4 Å². The normalized spacial score (nSPS) is 23.9. The van der Waals surface area contributed by atoms with E-state index in [0.29, 0.717) is 17.9 Å². The molecule has 1 aliphatic heterocycles. The van der Waals surface area contributed by atoms with E-state index in [1.165, 1.54) is 12.2 Å². The zero-order valence-electron chi connectivity index (χ0n) is 18.2. The Labute approximate surface area is 200 Å². The average molecular weight is 497 g/mol. The summed E-state index contributed by atoms with van der Waals surface area (Å²) in [7, 11) is -1.72. The molecule has 0 spiro atoms. The van der Waals surface area contributed by atoms with E-state index in [1.807, 2.05) is 12.1 Å². The van der Waals surface area contributed by atoms with Gasteiger partial charge in [0.15, 0.2) is 5.83 Å². The topological polar surface area (TPSA) is 49.9 Å². The van der Waals surface area contributed by atoms with Gasteiger partial charge in [0.05, 0.1) is 30.5 Å². The largest absolute Gasteiger partial charge is 0.369 e. The summed E-state index contributed by atoms with van der Waals surface area (Å²) in [5.74, 6) is -2.37. The maximum atomic E-state index is 15.2. The number of hydrogen-bond acceptors (Lipinski definition) is 3. The van der Waals surface area contributed by atoms with Gasteiger partial charge in [-0.25, -0.2) is 8.60 Å². The molecule has 3 fully saturated rings. The zero-order valence-corrected chi connectivity index (χ0v) is 19.7. The second-order valence-electron chi connectivity index (χ2n) is 8.56. The van der Waals surface area contributed by atoms with Gasteiger partial charge in [0.2, 0.25) is 11.9 Å². The summed E-state index contributed by atoms with van der Waals surface area (Å²) in [6.07, 6.45) is 6.74. The molecule has 1 aromatic carbocycles. The van der Waals surface area contributed by atoms with Crippen molar-refractivity contribution in [2.24, 2.45) is 5.92 Å². The predicted octanol–water partition coefficient (Wildman–Crippen LogP) is 5.00. The summed E-state index contributed by atoms with van der Waals surface area (Å²) < 4.78 is 49.3. The van der Waals surface area contributed by atoms with Gasteiger partial charge < -0.3 is 9.64 Å². The van der Waals surface area contributed by atoms with Crippen LogP contribution in [-0.2, 0) is 20.5 Å². The third kappa shape index (κ3) is 5.73. The van der Waals surface area contributed by atoms with E-state index in [2.05, 4.69) is 6.58 Å². The second-order valence-corrected chi connectivity index (χ2v) is 10.7. The van der Waals surface area contributed by atoms with Crippen LogP contribution in [0.3, 0.4) is 0 Å². The van der Waals surface area contributed by atoms with Crippen molar-refractivity contribution in [2.45, 2.75) is 43.0 Å². The lowest BCUT2D eigenvalue weighted by Gasteiger charge is -2.43. The van der Waals surface area contributed by atoms with Gasteiger partial charge in [-0.2, -0.15) is 4.39 Å². The van der Waals surface area contributed by atoms with Crippen molar-refractivity contribution in [3.63, 3.8) is 0 Å². The van der Waals surface area contributed by atoms with Crippen molar-refractivity contribution in [1.82, 2.24) is 9.21 Å². The van der Waals surface area contributed by atoms with Crippen molar-refractivity contribution < 1.29 is 22.5 Å². The minimum atomic E-state index is -1.72. The minimum Gasteiger partial charge on any atom is -0.369 e. The molecule has 2 aliphatic carbocycles. The maximum absolute atomic E-state index is 15.2. The van der Waals surface area contributed by atoms with Gasteiger partial charge in [-0.3, -0.25) is 9.10 Å². The summed E-state index contributed by atoms with van der Waals surface area (Å²) in [6.45, 7) is 3.63. The molecule has 3 atom stereocenters. The highest BCUT2D eigenvalue weighted by molar-refractivity contribution is 7.83. The first-order valence-corrected chi connectivity index (χ1v) is 12.6. The lowest BCUT2D eigenvalue weighted by molar-refractivity contribution is -0.153. The molecule has 178 valence electrons. The third-order valence-corrected chi connectivity index (χ3v) is 8.12. The van der Waals surface area contributed by atoms with Crippen LogP contribution >= 0.6 is 11.6 Å². The van der Waals surface area contributed by atoms with E-state index in [-0.39, 0.29) is 42.9 Å². The van der Waals surface area contributed by atoms with E-state index < -0.39 is 28.8 Å². The van der Waals surface area contributed by atoms with Crippen LogP contribution in [0.25, 0.3) is 0 Å². The number of carbonyl (C=O) groups is 1. The standard InChI is InChI=1S/C24H27ClF2N2O3S/c1-2-3-4-20(26)24(27)28(33(31)19-11-12-19)13-21(16-5-6-16)29-22(14-32-15-23(29)30)17-7-9-18(25)10-8-17/h2-4,7-10,16,19,21-22H,1,5-6,11-15H2/b4-3-,24-20+/t21?,22-,33?/m0/s1. The first-order valence-electron chi connectivity index (χ1n) is 11.1. The smallest absolute Gasteiger partial charge is 0.249 e. The van der Waals surface area contributed by atoms with Crippen molar-refractivity contribution in [3.05, 3.63) is 71.4 Å². The first-order chi connectivity index (χ1) is 15.9. The Morgan fingerprint density at radius 2 is 1.97 bits per heavy atom. The average Bonchev–Trinajstić information content (AvgIpc) is 3.71. The molecule has 2 saturated carbocycles. The molecule has 4 rings (SSSR count). The van der Waals surface area contributed by atoms with Crippen LogP contribution in [0, 0.1) is 5.92 Å². The fourth-order valence-corrected chi connectivity index (χ4v) is 5.65. The minimum absolute atomic E-state index is 0.0508. The van der Waals surface area contributed by atoms with Crippen LogP contribution in [0.1, 0.15) is 37.3 Å². The van der Waals surface area contributed by atoms with Crippen molar-refractivity contribution in [1.29, 1.82) is 0 Å². The SMILES string of the molecule is C=C/C=C\C(F)=C(\F)N(CC(C1CC1)N1C(=O)COC[C@H]1c1ccc(Cl)cc1)S(=O)C1CC1. The number of amides is 1. The molecule has 0 aromatic heterocycles. The van der Waals surface area contributed by atoms with Crippen molar-refractivity contribution in [2.75, 3.05) is 19.8 Å². The molecule has 1 amide bonds. The molecule has 0 N–H and O–H groups in total. The van der Waals surface area contributed by atoms with E-state index >= 15 is 4.39 Å². The number of allylic oxidation sites excluding steroid dienone is 4. The second kappa shape index (κ2) is 10.5. The third-order valence-electron chi connectivity index (χ3n) is 6.08. The Bertz CT molecular complexity index is 976. The Balaban J connectivity index is 1.66. The van der Waals surface area contributed by atoms with Crippen LogP contribution in [0.2, 0.25) is 5.02 Å². The van der Waals surface area contributed by atoms with Crippen molar-refractivity contribution >= 4 is 28.5 Å². The number of hydrogen-bond donors (Lipinski definition) is 0. The van der Waals surface area contributed by atoms with E-state index in [0.717, 1.165) is 28.8 Å². The number of ether oxygens (including phenoxy) is 1. The molecular weight excluding hydrogens is 470 g/mol. The van der Waals surface area contributed by atoms with Crippen LogP contribution in [0.4, 0.5) is 8.78 Å². The number of rotatable bonds is 10. The Morgan fingerprint density at radius 1 is 1.27 bits per heavy atom. The molecule has 9 heteroatoms. The van der Waals surface area contributed by atoms with E-state index in [4.69, 9.17) is 16.3 Å². The molecule has 1 heterocycles. The molecule has 0 bridgehead atoms. The molecular formula is C24H27ClF2N2O3S. The van der Waals surface area contributed by atoms with Gasteiger partial charge >= 0.3 is 0 Å². The number of nitrogens with zero attached hydrogens (tertiary/aromatic N) is 2. The summed E-state index contributed by atoms with van der Waals surface area (Å²) in [5.41, 5.74) is 0.851. The fourth-order valence-electron chi connectivity index (χ4n) is 4.08. The Morgan fingerprint density at radius 3 is 2.58 bits per heavy atom. The highest BCUT2D eigenvalue weighted by atomic mass is 35.5. The van der Waals surface area contributed by atoms with E-state index in [1.54, 1.807) is 17.0 Å². The number of morpholine rings is 1. The van der Waals surface area contributed by atoms with Crippen molar-refractivity contribution in [3.8, 4) is 0 Å². The monoisotopic (exact) mass is 496 g/mol. The Kier molecular flexibility index (Phi) is 7.66. The number of halogens is 3. The number of benzene rings is 1. The number of carbonyl (C=O) groups excluding carboxylic acids is 1. The van der Waals surface area contributed by atoms with Crippen LogP contribution in [-0.4, -0.2) is 50.4 Å². The summed E-state index contributed by atoms with van der Waals surface area (Å²) in [4.78, 5) is 14.8.